The monoisotopic (exact) mass is 380 g/mol. The Bertz CT molecular complexity index is 564. The van der Waals surface area contributed by atoms with Crippen molar-refractivity contribution in [1.29, 1.82) is 0 Å². The number of halogens is 2. The maximum atomic E-state index is 12.4. The summed E-state index contributed by atoms with van der Waals surface area (Å²) in [5.74, 6) is 1.37. The van der Waals surface area contributed by atoms with Crippen molar-refractivity contribution in [3.8, 4) is 0 Å². The number of benzene rings is 1. The fraction of sp³-hybridized carbons (Fsp3) is 0.667. The lowest BCUT2D eigenvalue weighted by molar-refractivity contribution is 0.0744. The first kappa shape index (κ1) is 21.6. The van der Waals surface area contributed by atoms with Gasteiger partial charge in [0.1, 0.15) is 0 Å². The summed E-state index contributed by atoms with van der Waals surface area (Å²) in [6, 6.07) is 9.17. The Morgan fingerprint density at radius 2 is 1.85 bits per heavy atom. The number of nitrogens with one attached hydrogen (secondary N) is 2. The summed E-state index contributed by atoms with van der Waals surface area (Å²) in [5.41, 5.74) is 2.73. The van der Waals surface area contributed by atoms with Gasteiger partial charge in [-0.2, -0.15) is 0 Å². The van der Waals surface area contributed by atoms with Crippen molar-refractivity contribution in [2.45, 2.75) is 57.9 Å². The van der Waals surface area contributed by atoms with Crippen molar-refractivity contribution in [1.82, 2.24) is 15.5 Å². The average Bonchev–Trinajstić information content (AvgIpc) is 2.65. The SMILES string of the molecule is CN=C(NCCCc1ccc(C(C)C)cc1)NC1CCN(CC(F)F)CC1. The van der Waals surface area contributed by atoms with E-state index in [2.05, 4.69) is 53.7 Å². The van der Waals surface area contributed by atoms with Gasteiger partial charge in [0.05, 0.1) is 6.54 Å². The zero-order valence-electron chi connectivity index (χ0n) is 16.8. The molecule has 6 heteroatoms. The lowest BCUT2D eigenvalue weighted by atomic mass is 10.0. The molecule has 4 nitrogen and oxygen atoms in total. The van der Waals surface area contributed by atoms with E-state index < -0.39 is 6.43 Å². The molecular formula is C21H34F2N4. The minimum atomic E-state index is -2.24. The highest BCUT2D eigenvalue weighted by molar-refractivity contribution is 5.79. The lowest BCUT2D eigenvalue weighted by Crippen LogP contribution is -2.49. The van der Waals surface area contributed by atoms with Crippen LogP contribution in [-0.4, -0.2) is 56.6 Å². The highest BCUT2D eigenvalue weighted by Gasteiger charge is 2.21. The first-order chi connectivity index (χ1) is 13.0. The Hall–Kier alpha value is -1.69. The van der Waals surface area contributed by atoms with Crippen molar-refractivity contribution in [2.24, 2.45) is 4.99 Å². The topological polar surface area (TPSA) is 39.7 Å². The molecule has 2 rings (SSSR count). The summed E-state index contributed by atoms with van der Waals surface area (Å²) in [5, 5.41) is 6.79. The summed E-state index contributed by atoms with van der Waals surface area (Å²) < 4.78 is 24.9. The first-order valence-corrected chi connectivity index (χ1v) is 10.0. The van der Waals surface area contributed by atoms with Crippen molar-refractivity contribution >= 4 is 5.96 Å². The zero-order chi connectivity index (χ0) is 19.6. The van der Waals surface area contributed by atoms with Crippen LogP contribution in [0, 0.1) is 0 Å². The molecule has 0 amide bonds. The van der Waals surface area contributed by atoms with Gasteiger partial charge in [-0.1, -0.05) is 38.1 Å². The molecule has 0 unspecified atom stereocenters. The van der Waals surface area contributed by atoms with Crippen molar-refractivity contribution in [3.05, 3.63) is 35.4 Å². The molecule has 0 aliphatic carbocycles. The van der Waals surface area contributed by atoms with Crippen LogP contribution in [-0.2, 0) is 6.42 Å². The second kappa shape index (κ2) is 11.2. The molecule has 2 N–H and O–H groups in total. The normalized spacial score (nSPS) is 16.9. The summed E-state index contributed by atoms with van der Waals surface area (Å²) in [7, 11) is 1.77. The second-order valence-corrected chi connectivity index (χ2v) is 7.61. The highest BCUT2D eigenvalue weighted by Crippen LogP contribution is 2.15. The third-order valence-electron chi connectivity index (χ3n) is 5.13. The largest absolute Gasteiger partial charge is 0.356 e. The van der Waals surface area contributed by atoms with Crippen LogP contribution in [0.1, 0.15) is 50.2 Å². The lowest BCUT2D eigenvalue weighted by Gasteiger charge is -2.32. The molecule has 0 spiro atoms. The number of hydrogen-bond donors (Lipinski definition) is 2. The van der Waals surface area contributed by atoms with Gasteiger partial charge in [-0.15, -0.1) is 0 Å². The minimum absolute atomic E-state index is 0.113. The van der Waals surface area contributed by atoms with E-state index in [9.17, 15) is 8.78 Å². The fourth-order valence-corrected chi connectivity index (χ4v) is 3.41. The molecule has 1 heterocycles. The van der Waals surface area contributed by atoms with Gasteiger partial charge in [0.25, 0.3) is 6.43 Å². The summed E-state index contributed by atoms with van der Waals surface area (Å²) in [4.78, 5) is 6.12. The zero-order valence-corrected chi connectivity index (χ0v) is 16.8. The van der Waals surface area contributed by atoms with E-state index in [-0.39, 0.29) is 6.54 Å². The Morgan fingerprint density at radius 1 is 1.19 bits per heavy atom. The van der Waals surface area contributed by atoms with E-state index in [0.717, 1.165) is 38.2 Å². The Kier molecular flexibility index (Phi) is 8.98. The van der Waals surface area contributed by atoms with E-state index in [1.807, 2.05) is 4.90 Å². The predicted molar refractivity (Wildman–Crippen MR) is 109 cm³/mol. The van der Waals surface area contributed by atoms with E-state index in [0.29, 0.717) is 25.0 Å². The number of guanidine groups is 1. The molecule has 1 aliphatic rings. The van der Waals surface area contributed by atoms with Crippen LogP contribution >= 0.6 is 0 Å². The smallest absolute Gasteiger partial charge is 0.251 e. The molecular weight excluding hydrogens is 346 g/mol. The van der Waals surface area contributed by atoms with E-state index in [4.69, 9.17) is 0 Å². The summed E-state index contributed by atoms with van der Waals surface area (Å²) in [6.07, 6.45) is 1.57. The second-order valence-electron chi connectivity index (χ2n) is 7.61. The molecule has 152 valence electrons. The van der Waals surface area contributed by atoms with Gasteiger partial charge >= 0.3 is 0 Å². The molecule has 0 saturated carbocycles. The van der Waals surface area contributed by atoms with Gasteiger partial charge in [0.2, 0.25) is 0 Å². The molecule has 1 aliphatic heterocycles. The van der Waals surface area contributed by atoms with E-state index in [1.54, 1.807) is 7.05 Å². The van der Waals surface area contributed by atoms with Crippen molar-refractivity contribution < 1.29 is 8.78 Å². The molecule has 0 bridgehead atoms. The first-order valence-electron chi connectivity index (χ1n) is 10.0. The number of aliphatic imine (C=N–C) groups is 1. The number of rotatable bonds is 8. The van der Waals surface area contributed by atoms with Crippen LogP contribution in [0.2, 0.25) is 0 Å². The number of aryl methyl sites for hydroxylation is 1. The minimum Gasteiger partial charge on any atom is -0.356 e. The third-order valence-corrected chi connectivity index (χ3v) is 5.13. The van der Waals surface area contributed by atoms with Crippen LogP contribution in [0.4, 0.5) is 8.78 Å². The maximum absolute atomic E-state index is 12.4. The number of hydrogen-bond acceptors (Lipinski definition) is 2. The molecule has 1 fully saturated rings. The molecule has 27 heavy (non-hydrogen) atoms. The highest BCUT2D eigenvalue weighted by atomic mass is 19.3. The van der Waals surface area contributed by atoms with E-state index in [1.165, 1.54) is 11.1 Å². The van der Waals surface area contributed by atoms with Crippen LogP contribution in [0.25, 0.3) is 0 Å². The molecule has 0 atom stereocenters. The quantitative estimate of drug-likeness (QED) is 0.411. The van der Waals surface area contributed by atoms with Gasteiger partial charge in [0.15, 0.2) is 5.96 Å². The van der Waals surface area contributed by atoms with Gasteiger partial charge in [-0.05, 0) is 42.7 Å². The van der Waals surface area contributed by atoms with Crippen LogP contribution in [0.3, 0.4) is 0 Å². The van der Waals surface area contributed by atoms with Crippen LogP contribution in [0.15, 0.2) is 29.3 Å². The number of alkyl halides is 2. The average molecular weight is 381 g/mol. The molecule has 1 aromatic carbocycles. The summed E-state index contributed by atoms with van der Waals surface area (Å²) >= 11 is 0. The maximum Gasteiger partial charge on any atom is 0.251 e. The van der Waals surface area contributed by atoms with Crippen molar-refractivity contribution in [3.63, 3.8) is 0 Å². The predicted octanol–water partition coefficient (Wildman–Crippen LogP) is 3.64. The third kappa shape index (κ3) is 7.83. The van der Waals surface area contributed by atoms with Gasteiger partial charge < -0.3 is 10.6 Å². The Morgan fingerprint density at radius 3 is 2.41 bits per heavy atom. The fourth-order valence-electron chi connectivity index (χ4n) is 3.41. The number of piperidine rings is 1. The number of likely N-dealkylation sites (tertiary alicyclic amines) is 1. The van der Waals surface area contributed by atoms with Gasteiger partial charge in [-0.25, -0.2) is 8.78 Å². The van der Waals surface area contributed by atoms with Gasteiger partial charge in [0, 0.05) is 32.7 Å². The van der Waals surface area contributed by atoms with Crippen molar-refractivity contribution in [2.75, 3.05) is 33.2 Å². The standard InChI is InChI=1S/C21H34F2N4/c1-16(2)18-8-6-17(7-9-18)5-4-12-25-21(24-3)26-19-10-13-27(14-11-19)15-20(22)23/h6-9,16,19-20H,4-5,10-15H2,1-3H3,(H2,24,25,26). The molecule has 1 saturated heterocycles. The van der Waals surface area contributed by atoms with Gasteiger partial charge in [-0.3, -0.25) is 9.89 Å². The summed E-state index contributed by atoms with van der Waals surface area (Å²) in [6.45, 7) is 6.59. The Balaban J connectivity index is 1.64. The number of nitrogens with zero attached hydrogens (tertiary/aromatic N) is 2. The molecule has 0 radical (unpaired) electrons. The molecule has 1 aromatic rings. The van der Waals surface area contributed by atoms with Crippen LogP contribution in [0.5, 0.6) is 0 Å². The van der Waals surface area contributed by atoms with Crippen LogP contribution < -0.4 is 10.6 Å². The van der Waals surface area contributed by atoms with E-state index >= 15 is 0 Å². The Labute approximate surface area is 162 Å². The molecule has 0 aromatic heterocycles.